The molecule has 4 aromatic rings. The summed E-state index contributed by atoms with van der Waals surface area (Å²) in [4.78, 5) is 7.81. The number of imidazole rings is 1. The Bertz CT molecular complexity index is 1310. The molecule has 5 nitrogen and oxygen atoms in total. The molecule has 5 heteroatoms. The molecule has 32 heavy (non-hydrogen) atoms. The average molecular weight is 424 g/mol. The molecule has 0 spiro atoms. The molecule has 0 aliphatic carbocycles. The number of nitrogens with zero attached hydrogens (tertiary/aromatic N) is 2. The summed E-state index contributed by atoms with van der Waals surface area (Å²) in [5.41, 5.74) is 6.48. The van der Waals surface area contributed by atoms with Crippen LogP contribution >= 0.6 is 0 Å². The molecule has 0 aliphatic rings. The number of nitrogens with one attached hydrogen (secondary N) is 1. The van der Waals surface area contributed by atoms with Crippen LogP contribution in [0.15, 0.2) is 60.7 Å². The van der Waals surface area contributed by atoms with Gasteiger partial charge in [0.2, 0.25) is 0 Å². The summed E-state index contributed by atoms with van der Waals surface area (Å²) in [6, 6.07) is 22.2. The highest BCUT2D eigenvalue weighted by molar-refractivity contribution is 5.90. The predicted molar refractivity (Wildman–Crippen MR) is 127 cm³/mol. The number of hydrogen-bond acceptors (Lipinski definition) is 4. The van der Waals surface area contributed by atoms with Gasteiger partial charge >= 0.3 is 0 Å². The van der Waals surface area contributed by atoms with Gasteiger partial charge in [0.15, 0.2) is 11.5 Å². The molecule has 0 amide bonds. The fourth-order valence-electron chi connectivity index (χ4n) is 3.42. The molecular formula is C27H25N3O2. The van der Waals surface area contributed by atoms with Crippen LogP contribution in [0.3, 0.4) is 0 Å². The summed E-state index contributed by atoms with van der Waals surface area (Å²) in [5.74, 6) is 1.86. The maximum absolute atomic E-state index is 9.74. The minimum absolute atomic E-state index is 0.453. The summed E-state index contributed by atoms with van der Waals surface area (Å²) in [6.45, 7) is 6.99. The Hall–Kier alpha value is -4.04. The van der Waals surface area contributed by atoms with Crippen molar-refractivity contribution in [2.45, 2.75) is 27.4 Å². The van der Waals surface area contributed by atoms with Gasteiger partial charge in [0.25, 0.3) is 0 Å². The monoisotopic (exact) mass is 423 g/mol. The minimum atomic E-state index is 0.453. The molecule has 3 aromatic carbocycles. The first kappa shape index (κ1) is 21.2. The van der Waals surface area contributed by atoms with Gasteiger partial charge in [-0.25, -0.2) is 4.98 Å². The Kier molecular flexibility index (Phi) is 6.23. The molecule has 0 radical (unpaired) electrons. The van der Waals surface area contributed by atoms with Gasteiger partial charge in [-0.15, -0.1) is 0 Å². The number of H-pyrrole nitrogens is 1. The van der Waals surface area contributed by atoms with Gasteiger partial charge in [-0.3, -0.25) is 0 Å². The first-order chi connectivity index (χ1) is 15.6. The van der Waals surface area contributed by atoms with E-state index in [1.165, 1.54) is 5.56 Å². The number of aromatic nitrogens is 2. The molecule has 1 N–H and O–H groups in total. The highest BCUT2D eigenvalue weighted by atomic mass is 16.5. The minimum Gasteiger partial charge on any atom is -0.490 e. The molecule has 0 bridgehead atoms. The van der Waals surface area contributed by atoms with Crippen molar-refractivity contribution < 1.29 is 9.47 Å². The van der Waals surface area contributed by atoms with Crippen molar-refractivity contribution in [2.75, 3.05) is 6.61 Å². The smallest absolute Gasteiger partial charge is 0.161 e. The number of aromatic amines is 1. The van der Waals surface area contributed by atoms with Crippen LogP contribution in [0.25, 0.3) is 22.7 Å². The number of aryl methyl sites for hydroxylation is 2. The first-order valence-corrected chi connectivity index (χ1v) is 10.6. The van der Waals surface area contributed by atoms with Gasteiger partial charge in [0.05, 0.1) is 23.2 Å². The Balaban J connectivity index is 1.60. The van der Waals surface area contributed by atoms with Gasteiger partial charge < -0.3 is 14.5 Å². The number of allylic oxidation sites excluding steroid dienone is 1. The maximum atomic E-state index is 9.74. The van der Waals surface area contributed by atoms with E-state index in [0.29, 0.717) is 36.1 Å². The molecule has 0 atom stereocenters. The Morgan fingerprint density at radius 3 is 2.50 bits per heavy atom. The van der Waals surface area contributed by atoms with Crippen LogP contribution in [-0.4, -0.2) is 16.6 Å². The zero-order chi connectivity index (χ0) is 22.5. The van der Waals surface area contributed by atoms with Crippen molar-refractivity contribution in [3.8, 4) is 17.6 Å². The molecule has 4 rings (SSSR count). The highest BCUT2D eigenvalue weighted by Crippen LogP contribution is 2.31. The lowest BCUT2D eigenvalue weighted by molar-refractivity contribution is 0.269. The van der Waals surface area contributed by atoms with E-state index in [1.54, 1.807) is 6.08 Å². The Morgan fingerprint density at radius 2 is 1.75 bits per heavy atom. The van der Waals surface area contributed by atoms with E-state index in [-0.39, 0.29) is 0 Å². The van der Waals surface area contributed by atoms with Crippen LogP contribution < -0.4 is 9.47 Å². The SMILES string of the molecule is CCOc1cc(/C=C(/C#N)c2nc3ccc(C)cc3[nH]2)ccc1OCc1ccc(C)cc1. The molecule has 0 fully saturated rings. The summed E-state index contributed by atoms with van der Waals surface area (Å²) in [5, 5.41) is 9.74. The van der Waals surface area contributed by atoms with Gasteiger partial charge in [-0.2, -0.15) is 5.26 Å². The van der Waals surface area contributed by atoms with Gasteiger partial charge in [0, 0.05) is 0 Å². The number of fused-ring (bicyclic) bond motifs is 1. The third-order valence-corrected chi connectivity index (χ3v) is 5.11. The fourth-order valence-corrected chi connectivity index (χ4v) is 3.42. The van der Waals surface area contributed by atoms with Crippen molar-refractivity contribution >= 4 is 22.7 Å². The second kappa shape index (κ2) is 9.40. The summed E-state index contributed by atoms with van der Waals surface area (Å²) in [6.07, 6.45) is 1.80. The van der Waals surface area contributed by atoms with Crippen LogP contribution in [0.1, 0.15) is 35.0 Å². The molecule has 0 aliphatic heterocycles. The largest absolute Gasteiger partial charge is 0.490 e. The van der Waals surface area contributed by atoms with Crippen molar-refractivity contribution in [1.29, 1.82) is 5.26 Å². The molecule has 0 saturated carbocycles. The number of hydrogen-bond donors (Lipinski definition) is 1. The molecular weight excluding hydrogens is 398 g/mol. The van der Waals surface area contributed by atoms with E-state index in [4.69, 9.17) is 9.47 Å². The lowest BCUT2D eigenvalue weighted by Gasteiger charge is -2.13. The Labute approximate surface area is 188 Å². The van der Waals surface area contributed by atoms with E-state index in [2.05, 4.69) is 47.2 Å². The average Bonchev–Trinajstić information content (AvgIpc) is 3.21. The number of rotatable bonds is 7. The van der Waals surface area contributed by atoms with E-state index in [0.717, 1.165) is 27.7 Å². The number of benzene rings is 3. The zero-order valence-corrected chi connectivity index (χ0v) is 18.5. The lowest BCUT2D eigenvalue weighted by Crippen LogP contribution is -2.00. The molecule has 1 aromatic heterocycles. The topological polar surface area (TPSA) is 70.9 Å². The van der Waals surface area contributed by atoms with Crippen LogP contribution in [0.5, 0.6) is 11.5 Å². The predicted octanol–water partition coefficient (Wildman–Crippen LogP) is 6.22. The van der Waals surface area contributed by atoms with E-state index >= 15 is 0 Å². The molecule has 160 valence electrons. The van der Waals surface area contributed by atoms with Crippen molar-refractivity contribution in [3.63, 3.8) is 0 Å². The maximum Gasteiger partial charge on any atom is 0.161 e. The van der Waals surface area contributed by atoms with Gasteiger partial charge in [0.1, 0.15) is 18.5 Å². The molecule has 0 unspecified atom stereocenters. The highest BCUT2D eigenvalue weighted by Gasteiger charge is 2.11. The number of nitriles is 1. The van der Waals surface area contributed by atoms with Crippen molar-refractivity contribution in [1.82, 2.24) is 9.97 Å². The standard InChI is InChI=1S/C27H25N3O2/c1-4-31-26-15-21(10-12-25(26)32-17-20-8-5-18(2)6-9-20)14-22(16-28)27-29-23-11-7-19(3)13-24(23)30-27/h5-15H,4,17H2,1-3H3,(H,29,30)/b22-14-. The van der Waals surface area contributed by atoms with Crippen LogP contribution in [-0.2, 0) is 6.61 Å². The van der Waals surface area contributed by atoms with Crippen molar-refractivity contribution in [2.24, 2.45) is 0 Å². The zero-order valence-electron chi connectivity index (χ0n) is 18.5. The second-order valence-electron chi connectivity index (χ2n) is 7.69. The van der Waals surface area contributed by atoms with Crippen molar-refractivity contribution in [3.05, 3.63) is 88.7 Å². The van der Waals surface area contributed by atoms with Crippen LogP contribution in [0, 0.1) is 25.2 Å². The third-order valence-electron chi connectivity index (χ3n) is 5.11. The third kappa shape index (κ3) is 4.81. The van der Waals surface area contributed by atoms with Gasteiger partial charge in [-0.1, -0.05) is 42.0 Å². The summed E-state index contributed by atoms with van der Waals surface area (Å²) < 4.78 is 11.8. The quantitative estimate of drug-likeness (QED) is 0.358. The van der Waals surface area contributed by atoms with Crippen LogP contribution in [0.4, 0.5) is 0 Å². The second-order valence-corrected chi connectivity index (χ2v) is 7.69. The fraction of sp³-hybridized carbons (Fsp3) is 0.185. The Morgan fingerprint density at radius 1 is 0.969 bits per heavy atom. The molecule has 1 heterocycles. The lowest BCUT2D eigenvalue weighted by atomic mass is 10.1. The van der Waals surface area contributed by atoms with E-state index < -0.39 is 0 Å². The van der Waals surface area contributed by atoms with E-state index in [9.17, 15) is 5.26 Å². The van der Waals surface area contributed by atoms with E-state index in [1.807, 2.05) is 50.2 Å². The first-order valence-electron chi connectivity index (χ1n) is 10.6. The summed E-state index contributed by atoms with van der Waals surface area (Å²) in [7, 11) is 0. The van der Waals surface area contributed by atoms with Crippen LogP contribution in [0.2, 0.25) is 0 Å². The number of ether oxygens (including phenoxy) is 2. The normalized spacial score (nSPS) is 11.4. The molecule has 0 saturated heterocycles. The summed E-state index contributed by atoms with van der Waals surface area (Å²) >= 11 is 0. The van der Waals surface area contributed by atoms with Gasteiger partial charge in [-0.05, 0) is 67.8 Å².